The van der Waals surface area contributed by atoms with Crippen molar-refractivity contribution in [3.05, 3.63) is 0 Å². The summed E-state index contributed by atoms with van der Waals surface area (Å²) in [6, 6.07) is 0.357. The maximum Gasteiger partial charge on any atom is 0.158 e. The van der Waals surface area contributed by atoms with Gasteiger partial charge in [-0.2, -0.15) is 0 Å². The molecule has 4 heteroatoms. The molecule has 1 aliphatic carbocycles. The number of nitrogens with two attached hydrogens (primary N) is 1. The molecule has 4 nitrogen and oxygen atoms in total. The van der Waals surface area contributed by atoms with Crippen molar-refractivity contribution in [1.82, 2.24) is 4.90 Å². The Bertz CT molecular complexity index is 170. The van der Waals surface area contributed by atoms with Crippen LogP contribution < -0.4 is 5.73 Å². The monoisotopic (exact) mass is 216 g/mol. The number of nitrogens with zero attached hydrogens (tertiary/aromatic N) is 1. The zero-order chi connectivity index (χ0) is 11.3. The lowest BCUT2D eigenvalue weighted by molar-refractivity contribution is -0.115. The predicted molar refractivity (Wildman–Crippen MR) is 60.6 cm³/mol. The lowest BCUT2D eigenvalue weighted by Crippen LogP contribution is -2.42. The summed E-state index contributed by atoms with van der Waals surface area (Å²) in [5.41, 5.74) is 5.77. The Morgan fingerprint density at radius 2 is 1.93 bits per heavy atom. The van der Waals surface area contributed by atoms with Crippen molar-refractivity contribution in [2.75, 3.05) is 34.4 Å². The SMILES string of the molecule is COC(CC(CN)N(C)CC1CC1)OC. The molecule has 0 aromatic heterocycles. The molecular formula is C11H24N2O2. The summed E-state index contributed by atoms with van der Waals surface area (Å²) < 4.78 is 10.4. The minimum Gasteiger partial charge on any atom is -0.356 e. The molecule has 1 unspecified atom stereocenters. The van der Waals surface area contributed by atoms with Gasteiger partial charge in [0.1, 0.15) is 0 Å². The van der Waals surface area contributed by atoms with E-state index < -0.39 is 0 Å². The Morgan fingerprint density at radius 3 is 2.33 bits per heavy atom. The van der Waals surface area contributed by atoms with Crippen LogP contribution in [0.3, 0.4) is 0 Å². The fraction of sp³-hybridized carbons (Fsp3) is 1.00. The van der Waals surface area contributed by atoms with Crippen LogP contribution in [0.25, 0.3) is 0 Å². The van der Waals surface area contributed by atoms with Crippen molar-refractivity contribution in [2.24, 2.45) is 11.7 Å². The molecule has 0 heterocycles. The zero-order valence-corrected chi connectivity index (χ0v) is 10.1. The number of likely N-dealkylation sites (N-methyl/N-ethyl adjacent to an activating group) is 1. The third-order valence-electron chi connectivity index (χ3n) is 3.13. The van der Waals surface area contributed by atoms with E-state index in [-0.39, 0.29) is 6.29 Å². The number of rotatable bonds is 8. The highest BCUT2D eigenvalue weighted by Crippen LogP contribution is 2.30. The standard InChI is InChI=1S/C11H24N2O2/c1-13(8-9-4-5-9)10(7-12)6-11(14-2)15-3/h9-11H,4-8,12H2,1-3H3. The average molecular weight is 216 g/mol. The molecule has 0 radical (unpaired) electrons. The van der Waals surface area contributed by atoms with Gasteiger partial charge in [-0.1, -0.05) is 0 Å². The highest BCUT2D eigenvalue weighted by molar-refractivity contribution is 4.80. The highest BCUT2D eigenvalue weighted by atomic mass is 16.7. The number of hydrogen-bond donors (Lipinski definition) is 1. The lowest BCUT2D eigenvalue weighted by atomic mass is 10.1. The maximum absolute atomic E-state index is 5.77. The summed E-state index contributed by atoms with van der Waals surface area (Å²) in [6.45, 7) is 1.81. The molecule has 0 aliphatic heterocycles. The van der Waals surface area contributed by atoms with Crippen molar-refractivity contribution in [2.45, 2.75) is 31.6 Å². The second-order valence-electron chi connectivity index (χ2n) is 4.41. The predicted octanol–water partition coefficient (Wildman–Crippen LogP) is 0.664. The molecule has 1 rings (SSSR count). The van der Waals surface area contributed by atoms with Gasteiger partial charge in [0.05, 0.1) is 0 Å². The molecule has 0 aromatic rings. The summed E-state index contributed by atoms with van der Waals surface area (Å²) in [5.74, 6) is 0.896. The topological polar surface area (TPSA) is 47.7 Å². The Balaban J connectivity index is 2.31. The van der Waals surface area contributed by atoms with Gasteiger partial charge < -0.3 is 20.1 Å². The second kappa shape index (κ2) is 6.43. The van der Waals surface area contributed by atoms with Crippen LogP contribution in [-0.4, -0.2) is 51.6 Å². The first-order valence-corrected chi connectivity index (χ1v) is 5.67. The third-order valence-corrected chi connectivity index (χ3v) is 3.13. The molecule has 0 bridgehead atoms. The number of ether oxygens (including phenoxy) is 2. The van der Waals surface area contributed by atoms with Crippen molar-refractivity contribution in [1.29, 1.82) is 0 Å². The van der Waals surface area contributed by atoms with Gasteiger partial charge in [0.2, 0.25) is 0 Å². The first-order valence-electron chi connectivity index (χ1n) is 5.67. The largest absolute Gasteiger partial charge is 0.356 e. The fourth-order valence-electron chi connectivity index (χ4n) is 1.82. The smallest absolute Gasteiger partial charge is 0.158 e. The molecule has 1 fully saturated rings. The fourth-order valence-corrected chi connectivity index (χ4v) is 1.82. The van der Waals surface area contributed by atoms with Crippen LogP contribution in [0.4, 0.5) is 0 Å². The highest BCUT2D eigenvalue weighted by Gasteiger charge is 2.26. The van der Waals surface area contributed by atoms with Crippen LogP contribution in [0.15, 0.2) is 0 Å². The lowest BCUT2D eigenvalue weighted by Gasteiger charge is -2.29. The van der Waals surface area contributed by atoms with Crippen LogP contribution in [0.2, 0.25) is 0 Å². The van der Waals surface area contributed by atoms with E-state index in [1.807, 2.05) is 0 Å². The van der Waals surface area contributed by atoms with Crippen molar-refractivity contribution in [3.8, 4) is 0 Å². The maximum atomic E-state index is 5.77. The van der Waals surface area contributed by atoms with Gasteiger partial charge in [0, 0.05) is 39.8 Å². The summed E-state index contributed by atoms with van der Waals surface area (Å²) in [7, 11) is 5.48. The normalized spacial score (nSPS) is 18.8. The first-order chi connectivity index (χ1) is 7.21. The second-order valence-corrected chi connectivity index (χ2v) is 4.41. The molecular weight excluding hydrogens is 192 g/mol. The minimum absolute atomic E-state index is 0.139. The molecule has 0 amide bonds. The molecule has 1 aliphatic rings. The molecule has 15 heavy (non-hydrogen) atoms. The van der Waals surface area contributed by atoms with Crippen molar-refractivity contribution >= 4 is 0 Å². The summed E-state index contributed by atoms with van der Waals surface area (Å²) >= 11 is 0. The van der Waals surface area contributed by atoms with Gasteiger partial charge in [0.25, 0.3) is 0 Å². The van der Waals surface area contributed by atoms with Gasteiger partial charge in [-0.15, -0.1) is 0 Å². The molecule has 0 spiro atoms. The first kappa shape index (κ1) is 12.9. The van der Waals surface area contributed by atoms with Gasteiger partial charge in [-0.25, -0.2) is 0 Å². The molecule has 0 saturated heterocycles. The molecule has 1 atom stereocenters. The molecule has 0 aromatic carbocycles. The molecule has 90 valence electrons. The van der Waals surface area contributed by atoms with Crippen LogP contribution >= 0.6 is 0 Å². The zero-order valence-electron chi connectivity index (χ0n) is 10.1. The van der Waals surface area contributed by atoms with Crippen molar-refractivity contribution in [3.63, 3.8) is 0 Å². The molecule has 1 saturated carbocycles. The summed E-state index contributed by atoms with van der Waals surface area (Å²) in [6.07, 6.45) is 3.45. The summed E-state index contributed by atoms with van der Waals surface area (Å²) in [4.78, 5) is 2.34. The van der Waals surface area contributed by atoms with E-state index >= 15 is 0 Å². The quantitative estimate of drug-likeness (QED) is 0.606. The Morgan fingerprint density at radius 1 is 1.33 bits per heavy atom. The van der Waals surface area contributed by atoms with E-state index in [9.17, 15) is 0 Å². The Labute approximate surface area is 92.7 Å². The van der Waals surface area contributed by atoms with Crippen LogP contribution in [-0.2, 0) is 9.47 Å². The van der Waals surface area contributed by atoms with Crippen LogP contribution in [0.5, 0.6) is 0 Å². The average Bonchev–Trinajstić information content (AvgIpc) is 3.03. The van der Waals surface area contributed by atoms with E-state index in [2.05, 4.69) is 11.9 Å². The Hall–Kier alpha value is -0.160. The number of methoxy groups -OCH3 is 2. The van der Waals surface area contributed by atoms with E-state index in [1.54, 1.807) is 14.2 Å². The van der Waals surface area contributed by atoms with Gasteiger partial charge in [-0.3, -0.25) is 0 Å². The van der Waals surface area contributed by atoms with Gasteiger partial charge >= 0.3 is 0 Å². The number of hydrogen-bond acceptors (Lipinski definition) is 4. The van der Waals surface area contributed by atoms with E-state index in [0.717, 1.165) is 18.9 Å². The Kier molecular flexibility index (Phi) is 5.53. The van der Waals surface area contributed by atoms with Gasteiger partial charge in [0.15, 0.2) is 6.29 Å². The van der Waals surface area contributed by atoms with E-state index in [1.165, 1.54) is 12.8 Å². The van der Waals surface area contributed by atoms with Crippen LogP contribution in [0.1, 0.15) is 19.3 Å². The third kappa shape index (κ3) is 4.47. The van der Waals surface area contributed by atoms with E-state index in [0.29, 0.717) is 12.6 Å². The summed E-state index contributed by atoms with van der Waals surface area (Å²) in [5, 5.41) is 0. The van der Waals surface area contributed by atoms with Crippen molar-refractivity contribution < 1.29 is 9.47 Å². The van der Waals surface area contributed by atoms with Crippen LogP contribution in [0, 0.1) is 5.92 Å². The van der Waals surface area contributed by atoms with Gasteiger partial charge in [-0.05, 0) is 25.8 Å². The van der Waals surface area contributed by atoms with E-state index in [4.69, 9.17) is 15.2 Å². The minimum atomic E-state index is -0.139. The molecule has 2 N–H and O–H groups in total.